The van der Waals surface area contributed by atoms with Crippen molar-refractivity contribution in [2.24, 2.45) is 0 Å². The van der Waals surface area contributed by atoms with E-state index in [0.717, 1.165) is 21.1 Å². The fourth-order valence-corrected chi connectivity index (χ4v) is 1.93. The summed E-state index contributed by atoms with van der Waals surface area (Å²) in [5.41, 5.74) is 8.01. The zero-order valence-corrected chi connectivity index (χ0v) is 11.3. The number of nitrogens with two attached hydrogens (primary N) is 1. The van der Waals surface area contributed by atoms with Crippen molar-refractivity contribution in [3.63, 3.8) is 0 Å². The molecule has 0 amide bonds. The summed E-state index contributed by atoms with van der Waals surface area (Å²) < 4.78 is 5.43. The number of aromatic nitrogens is 1. The number of hydrogen-bond donors (Lipinski definition) is 2. The number of ether oxygens (including phenoxy) is 1. The number of nitrogens with zero attached hydrogens (tertiary/aromatic N) is 1. The van der Waals surface area contributed by atoms with Gasteiger partial charge in [-0.3, -0.25) is 9.78 Å². The summed E-state index contributed by atoms with van der Waals surface area (Å²) in [6, 6.07) is 5.46. The summed E-state index contributed by atoms with van der Waals surface area (Å²) in [7, 11) is 1.35. The predicted molar refractivity (Wildman–Crippen MR) is 74.4 cm³/mol. The Bertz CT molecular complexity index is 601. The van der Waals surface area contributed by atoms with E-state index in [2.05, 4.69) is 31.0 Å². The summed E-state index contributed by atoms with van der Waals surface area (Å²) in [4.78, 5) is 15.4. The number of methoxy groups -OCH3 is 1. The van der Waals surface area contributed by atoms with Crippen molar-refractivity contribution >= 4 is 44.2 Å². The van der Waals surface area contributed by atoms with Gasteiger partial charge in [0.2, 0.25) is 0 Å². The Hall–Kier alpha value is -1.82. The molecule has 0 radical (unpaired) electrons. The van der Waals surface area contributed by atoms with E-state index >= 15 is 0 Å². The number of nitrogens with one attached hydrogen (secondary N) is 1. The first-order valence-electron chi connectivity index (χ1n) is 5.26. The highest BCUT2D eigenvalue weighted by atomic mass is 79.9. The van der Waals surface area contributed by atoms with Crippen molar-refractivity contribution in [2.75, 3.05) is 24.7 Å². The lowest BCUT2D eigenvalue weighted by Gasteiger charge is -2.10. The molecular formula is C12H12BrN3O2. The fourth-order valence-electron chi connectivity index (χ4n) is 1.60. The van der Waals surface area contributed by atoms with Gasteiger partial charge in [-0.1, -0.05) is 0 Å². The van der Waals surface area contributed by atoms with Gasteiger partial charge in [-0.25, -0.2) is 0 Å². The number of carbonyl (C=O) groups is 1. The lowest BCUT2D eigenvalue weighted by Crippen LogP contribution is -2.15. The molecule has 0 aliphatic carbocycles. The van der Waals surface area contributed by atoms with Crippen LogP contribution in [0.2, 0.25) is 0 Å². The van der Waals surface area contributed by atoms with Crippen molar-refractivity contribution in [3.05, 3.63) is 28.9 Å². The maximum absolute atomic E-state index is 11.1. The molecule has 0 aliphatic rings. The molecule has 1 aromatic heterocycles. The van der Waals surface area contributed by atoms with E-state index in [1.807, 2.05) is 6.07 Å². The Labute approximate surface area is 112 Å². The molecule has 0 spiro atoms. The Balaban J connectivity index is 2.40. The minimum absolute atomic E-state index is 0.0905. The molecule has 1 aromatic carbocycles. The molecule has 94 valence electrons. The third-order valence-corrected chi connectivity index (χ3v) is 2.93. The van der Waals surface area contributed by atoms with E-state index in [0.29, 0.717) is 5.69 Å². The summed E-state index contributed by atoms with van der Waals surface area (Å²) >= 11 is 3.35. The molecular weight excluding hydrogens is 298 g/mol. The van der Waals surface area contributed by atoms with Crippen molar-refractivity contribution in [3.8, 4) is 0 Å². The number of pyridine rings is 1. The van der Waals surface area contributed by atoms with Gasteiger partial charge in [0.05, 0.1) is 18.3 Å². The van der Waals surface area contributed by atoms with Crippen molar-refractivity contribution < 1.29 is 9.53 Å². The lowest BCUT2D eigenvalue weighted by atomic mass is 10.1. The summed E-state index contributed by atoms with van der Waals surface area (Å²) in [5, 5.41) is 3.81. The Morgan fingerprint density at radius 3 is 3.06 bits per heavy atom. The van der Waals surface area contributed by atoms with Crippen LogP contribution in [0.25, 0.3) is 10.9 Å². The van der Waals surface area contributed by atoms with Gasteiger partial charge in [0.15, 0.2) is 0 Å². The molecule has 2 rings (SSSR count). The number of hydrogen-bond acceptors (Lipinski definition) is 5. The first-order valence-corrected chi connectivity index (χ1v) is 6.05. The van der Waals surface area contributed by atoms with E-state index in [9.17, 15) is 4.79 Å². The second-order valence-electron chi connectivity index (χ2n) is 3.68. The molecule has 0 atom stereocenters. The van der Waals surface area contributed by atoms with E-state index in [-0.39, 0.29) is 12.5 Å². The van der Waals surface area contributed by atoms with Crippen LogP contribution >= 0.6 is 15.9 Å². The molecule has 0 saturated heterocycles. The summed E-state index contributed by atoms with van der Waals surface area (Å²) in [5.74, 6) is -0.336. The highest BCUT2D eigenvalue weighted by Crippen LogP contribution is 2.28. The molecule has 3 N–H and O–H groups in total. The lowest BCUT2D eigenvalue weighted by molar-refractivity contribution is -0.138. The van der Waals surface area contributed by atoms with Crippen LogP contribution in [0.4, 0.5) is 11.4 Å². The third kappa shape index (κ3) is 2.53. The van der Waals surface area contributed by atoms with Crippen LogP contribution in [-0.2, 0) is 9.53 Å². The number of esters is 1. The number of benzene rings is 1. The van der Waals surface area contributed by atoms with Gasteiger partial charge in [-0.05, 0) is 34.1 Å². The highest BCUT2D eigenvalue weighted by Gasteiger charge is 2.07. The van der Waals surface area contributed by atoms with Crippen LogP contribution < -0.4 is 11.1 Å². The first-order chi connectivity index (χ1) is 8.61. The second-order valence-corrected chi connectivity index (χ2v) is 4.60. The number of carbonyl (C=O) groups excluding carboxylic acids is 1. The molecule has 2 aromatic rings. The fraction of sp³-hybridized carbons (Fsp3) is 0.167. The minimum Gasteiger partial charge on any atom is -0.468 e. The average molecular weight is 310 g/mol. The van der Waals surface area contributed by atoms with Crippen LogP contribution in [0.1, 0.15) is 0 Å². The van der Waals surface area contributed by atoms with Crippen LogP contribution in [0.15, 0.2) is 28.9 Å². The van der Waals surface area contributed by atoms with E-state index in [1.165, 1.54) is 7.11 Å². The normalized spacial score (nSPS) is 10.3. The van der Waals surface area contributed by atoms with Crippen molar-refractivity contribution in [1.82, 2.24) is 4.98 Å². The average Bonchev–Trinajstić information content (AvgIpc) is 2.38. The largest absolute Gasteiger partial charge is 0.468 e. The maximum atomic E-state index is 11.1. The molecule has 0 unspecified atom stereocenters. The predicted octanol–water partition coefficient (Wildman–Crippen LogP) is 2.16. The molecule has 18 heavy (non-hydrogen) atoms. The zero-order chi connectivity index (χ0) is 13.1. The van der Waals surface area contributed by atoms with Gasteiger partial charge < -0.3 is 15.8 Å². The van der Waals surface area contributed by atoms with Gasteiger partial charge in [0, 0.05) is 21.7 Å². The van der Waals surface area contributed by atoms with Crippen molar-refractivity contribution in [1.29, 1.82) is 0 Å². The van der Waals surface area contributed by atoms with Crippen LogP contribution in [0, 0.1) is 0 Å². The van der Waals surface area contributed by atoms with Gasteiger partial charge in [0.1, 0.15) is 6.54 Å². The monoisotopic (exact) mass is 309 g/mol. The molecule has 0 fully saturated rings. The molecule has 6 heteroatoms. The SMILES string of the molecule is COC(=O)CNc1ccc(N)c2cc(Br)cnc12. The Morgan fingerprint density at radius 2 is 2.33 bits per heavy atom. The highest BCUT2D eigenvalue weighted by molar-refractivity contribution is 9.10. The molecule has 0 bridgehead atoms. The minimum atomic E-state index is -0.336. The summed E-state index contributed by atoms with van der Waals surface area (Å²) in [6.45, 7) is 0.0905. The van der Waals surface area contributed by atoms with Gasteiger partial charge in [0.25, 0.3) is 0 Å². The van der Waals surface area contributed by atoms with E-state index in [1.54, 1.807) is 18.3 Å². The van der Waals surface area contributed by atoms with Crippen LogP contribution in [-0.4, -0.2) is 24.6 Å². The number of anilines is 2. The van der Waals surface area contributed by atoms with Crippen LogP contribution in [0.5, 0.6) is 0 Å². The second kappa shape index (κ2) is 5.22. The van der Waals surface area contributed by atoms with E-state index in [4.69, 9.17) is 5.73 Å². The van der Waals surface area contributed by atoms with Gasteiger partial charge in [-0.2, -0.15) is 0 Å². The standard InChI is InChI=1S/C12H12BrN3O2/c1-18-11(17)6-15-10-3-2-9(14)8-4-7(13)5-16-12(8)10/h2-5,15H,6,14H2,1H3. The van der Waals surface area contributed by atoms with Crippen molar-refractivity contribution in [2.45, 2.75) is 0 Å². The Morgan fingerprint density at radius 1 is 1.56 bits per heavy atom. The molecule has 0 aliphatic heterocycles. The molecule has 0 saturated carbocycles. The number of nitrogen functional groups attached to an aromatic ring is 1. The zero-order valence-electron chi connectivity index (χ0n) is 9.74. The number of fused-ring (bicyclic) bond motifs is 1. The maximum Gasteiger partial charge on any atom is 0.325 e. The van der Waals surface area contributed by atoms with Crippen LogP contribution in [0.3, 0.4) is 0 Å². The first kappa shape index (κ1) is 12.6. The molecule has 1 heterocycles. The van der Waals surface area contributed by atoms with Gasteiger partial charge in [-0.15, -0.1) is 0 Å². The van der Waals surface area contributed by atoms with E-state index < -0.39 is 0 Å². The Kier molecular flexibility index (Phi) is 3.66. The quantitative estimate of drug-likeness (QED) is 0.671. The molecule has 5 nitrogen and oxygen atoms in total. The van der Waals surface area contributed by atoms with Gasteiger partial charge >= 0.3 is 5.97 Å². The third-order valence-electron chi connectivity index (χ3n) is 2.50. The topological polar surface area (TPSA) is 77.2 Å². The summed E-state index contributed by atoms with van der Waals surface area (Å²) in [6.07, 6.45) is 1.69. The smallest absolute Gasteiger partial charge is 0.325 e. The number of halogens is 1. The number of rotatable bonds is 3.